The van der Waals surface area contributed by atoms with Gasteiger partial charge < -0.3 is 10.1 Å². The molecule has 7 nitrogen and oxygen atoms in total. The molecular weight excluding hydrogens is 399 g/mol. The quantitative estimate of drug-likeness (QED) is 0.461. The number of halogens is 2. The molecule has 2 aromatic rings. The van der Waals surface area contributed by atoms with Crippen LogP contribution in [0.3, 0.4) is 0 Å². The van der Waals surface area contributed by atoms with Crippen molar-refractivity contribution in [1.29, 1.82) is 0 Å². The van der Waals surface area contributed by atoms with Crippen molar-refractivity contribution in [3.63, 3.8) is 0 Å². The van der Waals surface area contributed by atoms with Crippen LogP contribution in [0.15, 0.2) is 40.9 Å². The largest absolute Gasteiger partial charge is 0.452 e. The van der Waals surface area contributed by atoms with Gasteiger partial charge in [-0.25, -0.2) is 9.18 Å². The van der Waals surface area contributed by atoms with E-state index < -0.39 is 29.2 Å². The molecule has 9 heteroatoms. The molecule has 0 aliphatic carbocycles. The maximum Gasteiger partial charge on any atom is 0.341 e. The van der Waals surface area contributed by atoms with Crippen LogP contribution in [0.1, 0.15) is 15.9 Å². The van der Waals surface area contributed by atoms with Gasteiger partial charge in [-0.1, -0.05) is 22.0 Å². The maximum atomic E-state index is 13.6. The molecule has 0 aliphatic heterocycles. The summed E-state index contributed by atoms with van der Waals surface area (Å²) in [4.78, 5) is 33.9. The fourth-order valence-electron chi connectivity index (χ4n) is 1.91. The molecule has 0 spiro atoms. The number of non-ortho nitro benzene ring substituents is 1. The van der Waals surface area contributed by atoms with Crippen LogP contribution in [0, 0.1) is 22.9 Å². The van der Waals surface area contributed by atoms with Crippen molar-refractivity contribution in [2.75, 3.05) is 11.9 Å². The van der Waals surface area contributed by atoms with Gasteiger partial charge in [-0.2, -0.15) is 0 Å². The number of amides is 1. The second kappa shape index (κ2) is 7.84. The van der Waals surface area contributed by atoms with Gasteiger partial charge in [0.25, 0.3) is 11.6 Å². The summed E-state index contributed by atoms with van der Waals surface area (Å²) < 4.78 is 18.8. The molecular formula is C16H12BrFN2O5. The van der Waals surface area contributed by atoms with Crippen LogP contribution in [-0.4, -0.2) is 23.4 Å². The Labute approximate surface area is 150 Å². The van der Waals surface area contributed by atoms with E-state index in [1.165, 1.54) is 30.3 Å². The molecule has 2 aromatic carbocycles. The number of nitro groups is 1. The molecule has 0 aromatic heterocycles. The average molecular weight is 411 g/mol. The summed E-state index contributed by atoms with van der Waals surface area (Å²) in [6, 6.07) is 7.73. The Balaban J connectivity index is 2.01. The van der Waals surface area contributed by atoms with Crippen LogP contribution in [0.2, 0.25) is 0 Å². The van der Waals surface area contributed by atoms with E-state index in [0.717, 1.165) is 6.07 Å². The van der Waals surface area contributed by atoms with E-state index in [-0.39, 0.29) is 16.9 Å². The van der Waals surface area contributed by atoms with E-state index >= 15 is 0 Å². The summed E-state index contributed by atoms with van der Waals surface area (Å²) in [6.45, 7) is 0.995. The summed E-state index contributed by atoms with van der Waals surface area (Å²) in [5.74, 6) is -2.47. The number of benzene rings is 2. The normalized spacial score (nSPS) is 10.2. The molecule has 0 unspecified atom stereocenters. The molecule has 2 rings (SSSR count). The van der Waals surface area contributed by atoms with Crippen LogP contribution >= 0.6 is 15.9 Å². The number of hydrogen-bond donors (Lipinski definition) is 1. The van der Waals surface area contributed by atoms with Crippen LogP contribution in [0.25, 0.3) is 0 Å². The Kier molecular flexibility index (Phi) is 5.81. The Bertz CT molecular complexity index is 856. The molecule has 0 fully saturated rings. The van der Waals surface area contributed by atoms with E-state index in [0.29, 0.717) is 10.0 Å². The van der Waals surface area contributed by atoms with Crippen molar-refractivity contribution in [3.05, 3.63) is 67.9 Å². The third-order valence-corrected chi connectivity index (χ3v) is 3.68. The zero-order chi connectivity index (χ0) is 18.6. The number of esters is 1. The predicted octanol–water partition coefficient (Wildman–Crippen LogP) is 3.60. The minimum absolute atomic E-state index is 0.186. The van der Waals surface area contributed by atoms with Crippen LogP contribution < -0.4 is 5.32 Å². The highest BCUT2D eigenvalue weighted by atomic mass is 79.9. The van der Waals surface area contributed by atoms with E-state index in [4.69, 9.17) is 4.74 Å². The van der Waals surface area contributed by atoms with Crippen LogP contribution in [-0.2, 0) is 9.53 Å². The topological polar surface area (TPSA) is 98.5 Å². The van der Waals surface area contributed by atoms with Crippen molar-refractivity contribution in [3.8, 4) is 0 Å². The summed E-state index contributed by atoms with van der Waals surface area (Å²) >= 11 is 3.11. The van der Waals surface area contributed by atoms with Gasteiger partial charge in [0.05, 0.1) is 16.2 Å². The standard InChI is InChI=1S/C16H12BrFN2O5/c1-9-2-4-11(20(23)24)7-14(9)19-15(21)8-25-16(22)12-6-10(17)3-5-13(12)18/h2-7H,8H2,1H3,(H,19,21). The second-order valence-electron chi connectivity index (χ2n) is 5.00. The van der Waals surface area contributed by atoms with E-state index in [1.54, 1.807) is 6.92 Å². The lowest BCUT2D eigenvalue weighted by atomic mass is 10.2. The van der Waals surface area contributed by atoms with Gasteiger partial charge in [0.2, 0.25) is 0 Å². The van der Waals surface area contributed by atoms with Gasteiger partial charge >= 0.3 is 5.97 Å². The minimum Gasteiger partial charge on any atom is -0.452 e. The van der Waals surface area contributed by atoms with E-state index in [9.17, 15) is 24.1 Å². The third kappa shape index (κ3) is 4.83. The summed E-state index contributed by atoms with van der Waals surface area (Å²) in [6.07, 6.45) is 0. The van der Waals surface area contributed by atoms with Crippen LogP contribution in [0.4, 0.5) is 15.8 Å². The highest BCUT2D eigenvalue weighted by Gasteiger charge is 2.16. The van der Waals surface area contributed by atoms with Crippen molar-refractivity contribution < 1.29 is 23.6 Å². The molecule has 25 heavy (non-hydrogen) atoms. The molecule has 0 aliphatic rings. The Morgan fingerprint density at radius 3 is 2.68 bits per heavy atom. The third-order valence-electron chi connectivity index (χ3n) is 3.19. The first-order valence-electron chi connectivity index (χ1n) is 6.95. The number of carbonyl (C=O) groups excluding carboxylic acids is 2. The zero-order valence-electron chi connectivity index (χ0n) is 12.9. The van der Waals surface area contributed by atoms with Crippen molar-refractivity contribution in [2.45, 2.75) is 6.92 Å². The lowest BCUT2D eigenvalue weighted by Crippen LogP contribution is -2.21. The number of anilines is 1. The highest BCUT2D eigenvalue weighted by molar-refractivity contribution is 9.10. The molecule has 1 amide bonds. The first-order chi connectivity index (χ1) is 11.8. The van der Waals surface area contributed by atoms with Crippen LogP contribution in [0.5, 0.6) is 0 Å². The number of hydrogen-bond acceptors (Lipinski definition) is 5. The summed E-state index contributed by atoms with van der Waals surface area (Å²) in [5, 5.41) is 13.2. The molecule has 0 atom stereocenters. The first kappa shape index (κ1) is 18.5. The number of aryl methyl sites for hydroxylation is 1. The van der Waals surface area contributed by atoms with E-state index in [1.807, 2.05) is 0 Å². The van der Waals surface area contributed by atoms with Crippen molar-refractivity contribution in [2.24, 2.45) is 0 Å². The van der Waals surface area contributed by atoms with Gasteiger partial charge in [-0.3, -0.25) is 14.9 Å². The smallest absolute Gasteiger partial charge is 0.341 e. The highest BCUT2D eigenvalue weighted by Crippen LogP contribution is 2.22. The number of ether oxygens (including phenoxy) is 1. The summed E-state index contributed by atoms with van der Waals surface area (Å²) in [5.41, 5.74) is 0.329. The molecule has 0 radical (unpaired) electrons. The van der Waals surface area contributed by atoms with Gasteiger partial charge in [0.15, 0.2) is 6.61 Å². The van der Waals surface area contributed by atoms with Crippen molar-refractivity contribution in [1.82, 2.24) is 0 Å². The molecule has 130 valence electrons. The number of nitro benzene ring substituents is 1. The molecule has 0 bridgehead atoms. The fourth-order valence-corrected chi connectivity index (χ4v) is 2.27. The number of nitrogens with one attached hydrogen (secondary N) is 1. The number of nitrogens with zero attached hydrogens (tertiary/aromatic N) is 1. The second-order valence-corrected chi connectivity index (χ2v) is 5.92. The lowest BCUT2D eigenvalue weighted by Gasteiger charge is -2.09. The Hall–Kier alpha value is -2.81. The summed E-state index contributed by atoms with van der Waals surface area (Å²) in [7, 11) is 0. The van der Waals surface area contributed by atoms with Gasteiger partial charge in [0.1, 0.15) is 5.82 Å². The predicted molar refractivity (Wildman–Crippen MR) is 90.8 cm³/mol. The monoisotopic (exact) mass is 410 g/mol. The maximum absolute atomic E-state index is 13.6. The molecule has 0 saturated carbocycles. The van der Waals surface area contributed by atoms with Gasteiger partial charge in [0, 0.05) is 16.6 Å². The molecule has 0 saturated heterocycles. The van der Waals surface area contributed by atoms with Crippen molar-refractivity contribution >= 4 is 39.2 Å². The number of carbonyl (C=O) groups is 2. The average Bonchev–Trinajstić information content (AvgIpc) is 2.56. The SMILES string of the molecule is Cc1ccc([N+](=O)[O-])cc1NC(=O)COC(=O)c1cc(Br)ccc1F. The van der Waals surface area contributed by atoms with Gasteiger partial charge in [-0.05, 0) is 30.7 Å². The van der Waals surface area contributed by atoms with E-state index in [2.05, 4.69) is 21.2 Å². The zero-order valence-corrected chi connectivity index (χ0v) is 14.5. The molecule has 0 heterocycles. The van der Waals surface area contributed by atoms with Gasteiger partial charge in [-0.15, -0.1) is 0 Å². The Morgan fingerprint density at radius 1 is 1.28 bits per heavy atom. The first-order valence-corrected chi connectivity index (χ1v) is 7.74. The fraction of sp³-hybridized carbons (Fsp3) is 0.125. The Morgan fingerprint density at radius 2 is 2.00 bits per heavy atom. The lowest BCUT2D eigenvalue weighted by molar-refractivity contribution is -0.384. The minimum atomic E-state index is -0.996. The number of rotatable bonds is 5. The molecule has 1 N–H and O–H groups in total.